The number of rotatable bonds is 6. The fourth-order valence-electron chi connectivity index (χ4n) is 5.92. The highest BCUT2D eigenvalue weighted by Gasteiger charge is 2.24. The van der Waals surface area contributed by atoms with E-state index in [-0.39, 0.29) is 24.5 Å². The van der Waals surface area contributed by atoms with Crippen molar-refractivity contribution in [3.8, 4) is 23.0 Å². The molecule has 2 aromatic rings. The van der Waals surface area contributed by atoms with E-state index in [4.69, 9.17) is 23.7 Å². The first-order valence-corrected chi connectivity index (χ1v) is 16.8. The Morgan fingerprint density at radius 3 is 2.22 bits per heavy atom. The van der Waals surface area contributed by atoms with E-state index in [0.29, 0.717) is 71.1 Å². The molecule has 0 radical (unpaired) electrons. The smallest absolute Gasteiger partial charge is 0.338 e. The number of nitrogens with one attached hydrogen (secondary N) is 2. The molecule has 0 spiro atoms. The number of esters is 1. The minimum atomic E-state index is -0.485. The zero-order valence-electron chi connectivity index (χ0n) is 27.1. The van der Waals surface area contributed by atoms with Crippen LogP contribution in [0.4, 0.5) is 0 Å². The number of fused-ring (bicyclic) bond motifs is 5. The van der Waals surface area contributed by atoms with Crippen LogP contribution < -0.4 is 27.8 Å². The van der Waals surface area contributed by atoms with Crippen molar-refractivity contribution >= 4 is 40.6 Å². The summed E-state index contributed by atoms with van der Waals surface area (Å²) in [7, 11) is 4.51. The zero-order valence-corrected chi connectivity index (χ0v) is 29.3. The summed E-state index contributed by atoms with van der Waals surface area (Å²) < 4.78 is 31.1. The van der Waals surface area contributed by atoms with Crippen molar-refractivity contribution in [2.45, 2.75) is 45.1 Å². The van der Waals surface area contributed by atoms with Crippen molar-refractivity contribution in [1.82, 2.24) is 18.6 Å². The lowest BCUT2D eigenvalue weighted by atomic mass is 10.0. The number of hydrogen-bond donors (Lipinski definition) is 2. The van der Waals surface area contributed by atoms with Crippen molar-refractivity contribution in [2.75, 3.05) is 73.7 Å². The molecule has 3 atom stereocenters. The molecule has 252 valence electrons. The van der Waals surface area contributed by atoms with Crippen molar-refractivity contribution in [3.05, 3.63) is 46.5 Å². The Morgan fingerprint density at radius 1 is 0.891 bits per heavy atom. The summed E-state index contributed by atoms with van der Waals surface area (Å²) >= 11 is 1.80. The molecule has 2 N–H and O–H groups in total. The molecule has 4 rings (SSSR count). The van der Waals surface area contributed by atoms with Crippen LogP contribution in [0.3, 0.4) is 0 Å². The number of ether oxygens (including phenoxy) is 5. The summed E-state index contributed by atoms with van der Waals surface area (Å²) in [4.78, 5) is 44.1. The molecule has 2 unspecified atom stereocenters. The Labute approximate surface area is 284 Å². The Morgan fingerprint density at radius 2 is 1.57 bits per heavy atom. The van der Waals surface area contributed by atoms with Gasteiger partial charge in [0.15, 0.2) is 11.5 Å². The number of carbonyl (C=O) groups excluding carboxylic acids is 3. The number of benzene rings is 2. The van der Waals surface area contributed by atoms with Crippen LogP contribution in [0.15, 0.2) is 24.3 Å². The molecule has 13 heteroatoms. The summed E-state index contributed by atoms with van der Waals surface area (Å²) in [6.45, 7) is 8.15. The molecule has 2 aliphatic heterocycles. The third-order valence-electron chi connectivity index (χ3n) is 8.36. The molecule has 0 aliphatic carbocycles. The van der Waals surface area contributed by atoms with E-state index in [9.17, 15) is 14.4 Å². The predicted molar refractivity (Wildman–Crippen MR) is 182 cm³/mol. The zero-order chi connectivity index (χ0) is 33.1. The lowest BCUT2D eigenvalue weighted by molar-refractivity contribution is 0.0221. The highest BCUT2D eigenvalue weighted by atomic mass is 127. The minimum Gasteiger partial charge on any atom is -0.493 e. The van der Waals surface area contributed by atoms with Gasteiger partial charge in [-0.1, -0.05) is 0 Å². The summed E-state index contributed by atoms with van der Waals surface area (Å²) in [6.07, 6.45) is 3.27. The molecule has 0 saturated carbocycles. The van der Waals surface area contributed by atoms with Gasteiger partial charge in [-0.15, -0.1) is 0 Å². The number of aryl methyl sites for hydroxylation is 1. The lowest BCUT2D eigenvalue weighted by Crippen LogP contribution is -2.34. The largest absolute Gasteiger partial charge is 0.493 e. The van der Waals surface area contributed by atoms with Gasteiger partial charge in [-0.05, 0) is 88.5 Å². The molecule has 2 heterocycles. The maximum atomic E-state index is 13.5. The average Bonchev–Trinajstić information content (AvgIpc) is 3.30. The number of hydrogen-bond acceptors (Lipinski definition) is 10. The maximum absolute atomic E-state index is 13.5. The van der Waals surface area contributed by atoms with Crippen LogP contribution in [0.5, 0.6) is 23.0 Å². The summed E-state index contributed by atoms with van der Waals surface area (Å²) in [6, 6.07) is 6.52. The van der Waals surface area contributed by atoms with E-state index in [2.05, 4.69) is 18.6 Å². The van der Waals surface area contributed by atoms with E-state index in [1.165, 1.54) is 21.3 Å². The van der Waals surface area contributed by atoms with Crippen LogP contribution in [0, 0.1) is 6.92 Å². The predicted octanol–water partition coefficient (Wildman–Crippen LogP) is 4.02. The Bertz CT molecular complexity index is 1350. The first-order valence-electron chi connectivity index (χ1n) is 15.7. The van der Waals surface area contributed by atoms with Crippen LogP contribution in [-0.2, 0) is 4.74 Å². The van der Waals surface area contributed by atoms with E-state index in [1.807, 2.05) is 0 Å². The van der Waals surface area contributed by atoms with Gasteiger partial charge in [-0.25, -0.2) is 4.79 Å². The third kappa shape index (κ3) is 9.38. The molecule has 2 aromatic carbocycles. The lowest BCUT2D eigenvalue weighted by Gasteiger charge is -2.25. The van der Waals surface area contributed by atoms with Gasteiger partial charge < -0.3 is 38.8 Å². The SMILES string of the molecule is COc1cc(C(=O)O[C@@H]2CCCOc3cc(cc(C)c3C(=O)NI)C(=O)NCCCN3CCCN(CC2)CC3)cc(OC)c1OC. The molecule has 0 aromatic heterocycles. The molecule has 1 saturated heterocycles. The van der Waals surface area contributed by atoms with Gasteiger partial charge in [0, 0.05) is 31.7 Å². The molecule has 1 fully saturated rings. The summed E-state index contributed by atoms with van der Waals surface area (Å²) in [5.41, 5.74) is 1.77. The van der Waals surface area contributed by atoms with Crippen LogP contribution in [-0.4, -0.2) is 107 Å². The molecule has 2 amide bonds. The van der Waals surface area contributed by atoms with Gasteiger partial charge in [0.1, 0.15) is 11.9 Å². The fourth-order valence-corrected chi connectivity index (χ4v) is 6.19. The van der Waals surface area contributed by atoms with Crippen molar-refractivity contribution in [1.29, 1.82) is 0 Å². The first kappa shape index (κ1) is 35.6. The Balaban J connectivity index is 1.56. The number of halogens is 1. The number of carbonyl (C=O) groups is 3. The van der Waals surface area contributed by atoms with Gasteiger partial charge in [0.25, 0.3) is 11.8 Å². The van der Waals surface area contributed by atoms with Crippen LogP contribution in [0.2, 0.25) is 0 Å². The summed E-state index contributed by atoms with van der Waals surface area (Å²) in [5, 5.41) is 3.02. The molecule has 12 nitrogen and oxygen atoms in total. The van der Waals surface area contributed by atoms with Crippen molar-refractivity contribution in [2.24, 2.45) is 0 Å². The number of amides is 2. The standard InChI is InChI=1S/C33H45IN4O8/c1-22-18-23-19-26(29(22)32(40)36-34)45-17-5-8-25(46-33(41)24-20-27(42-2)30(44-4)28(21-24)43-3)9-14-38-13-7-12-37(15-16-38)11-6-10-35-31(23)39/h18-21,25H,5-17H2,1-4H3,(H,35,39)(H,36,40)/t25-/m1/s1. The number of methoxy groups -OCH3 is 3. The normalized spacial score (nSPS) is 21.2. The second-order valence-corrected chi connectivity index (χ2v) is 12.0. The van der Waals surface area contributed by atoms with Gasteiger partial charge >= 0.3 is 5.97 Å². The van der Waals surface area contributed by atoms with Gasteiger partial charge in [0.05, 0.1) is 61.9 Å². The Kier molecular flexibility index (Phi) is 13.6. The summed E-state index contributed by atoms with van der Waals surface area (Å²) in [5.74, 6) is 0.492. The van der Waals surface area contributed by atoms with Gasteiger partial charge in [0.2, 0.25) is 5.75 Å². The van der Waals surface area contributed by atoms with E-state index in [0.717, 1.165) is 52.1 Å². The quantitative estimate of drug-likeness (QED) is 0.254. The second-order valence-electron chi connectivity index (χ2n) is 11.5. The molecular formula is C33H45IN4O8. The molecule has 46 heavy (non-hydrogen) atoms. The molecule has 4 bridgehead atoms. The van der Waals surface area contributed by atoms with Gasteiger partial charge in [-0.3, -0.25) is 13.1 Å². The van der Waals surface area contributed by atoms with Crippen LogP contribution in [0.25, 0.3) is 0 Å². The van der Waals surface area contributed by atoms with Crippen LogP contribution >= 0.6 is 22.9 Å². The van der Waals surface area contributed by atoms with E-state index >= 15 is 0 Å². The van der Waals surface area contributed by atoms with E-state index < -0.39 is 5.97 Å². The topological polar surface area (TPSA) is 128 Å². The first-order chi connectivity index (χ1) is 22.3. The molecule has 2 aliphatic rings. The van der Waals surface area contributed by atoms with Gasteiger partial charge in [-0.2, -0.15) is 0 Å². The molecular weight excluding hydrogens is 707 g/mol. The minimum absolute atomic E-state index is 0.201. The van der Waals surface area contributed by atoms with Crippen LogP contribution in [0.1, 0.15) is 68.7 Å². The monoisotopic (exact) mass is 752 g/mol. The average molecular weight is 753 g/mol. The second kappa shape index (κ2) is 17.6. The Hall–Kier alpha value is -3.30. The third-order valence-corrected chi connectivity index (χ3v) is 8.85. The van der Waals surface area contributed by atoms with Crippen molar-refractivity contribution in [3.63, 3.8) is 0 Å². The highest BCUT2D eigenvalue weighted by Crippen LogP contribution is 2.38. The highest BCUT2D eigenvalue weighted by molar-refractivity contribution is 14.1. The maximum Gasteiger partial charge on any atom is 0.338 e. The van der Waals surface area contributed by atoms with Crippen molar-refractivity contribution < 1.29 is 38.1 Å². The fraction of sp³-hybridized carbons (Fsp3) is 0.545. The number of nitrogens with zero attached hydrogens (tertiary/aromatic N) is 2. The van der Waals surface area contributed by atoms with E-state index in [1.54, 1.807) is 54.1 Å².